The van der Waals surface area contributed by atoms with Crippen LogP contribution in [0.1, 0.15) is 41.8 Å². The fourth-order valence-corrected chi connectivity index (χ4v) is 2.66. The van der Waals surface area contributed by atoms with Crippen molar-refractivity contribution in [3.63, 3.8) is 0 Å². The van der Waals surface area contributed by atoms with E-state index in [-0.39, 0.29) is 5.91 Å². The molecular weight excluding hydrogens is 280 g/mol. The monoisotopic (exact) mass is 300 g/mol. The number of hydrogen-bond acceptors (Lipinski definition) is 4. The molecule has 1 aliphatic rings. The van der Waals surface area contributed by atoms with Gasteiger partial charge in [0, 0.05) is 26.0 Å². The van der Waals surface area contributed by atoms with Crippen LogP contribution in [0.5, 0.6) is 0 Å². The highest BCUT2D eigenvalue weighted by Gasteiger charge is 2.34. The van der Waals surface area contributed by atoms with Crippen molar-refractivity contribution in [1.82, 2.24) is 19.9 Å². The van der Waals surface area contributed by atoms with E-state index in [4.69, 9.17) is 4.74 Å². The molecule has 3 rings (SSSR count). The highest BCUT2D eigenvalue weighted by molar-refractivity contribution is 5.92. The van der Waals surface area contributed by atoms with Gasteiger partial charge in [0.1, 0.15) is 11.3 Å². The van der Waals surface area contributed by atoms with Crippen LogP contribution in [0.4, 0.5) is 0 Å². The molecular formula is C16H20N4O2. The summed E-state index contributed by atoms with van der Waals surface area (Å²) >= 11 is 0. The van der Waals surface area contributed by atoms with E-state index in [1.54, 1.807) is 16.8 Å². The van der Waals surface area contributed by atoms with E-state index in [2.05, 4.69) is 15.3 Å². The summed E-state index contributed by atoms with van der Waals surface area (Å²) in [5.74, 6) is 0.576. The molecule has 1 atom stereocenters. The van der Waals surface area contributed by atoms with Gasteiger partial charge in [0.25, 0.3) is 5.91 Å². The molecule has 1 N–H and O–H groups in total. The van der Waals surface area contributed by atoms with E-state index in [9.17, 15) is 4.79 Å². The van der Waals surface area contributed by atoms with Crippen LogP contribution in [-0.2, 0) is 23.9 Å². The summed E-state index contributed by atoms with van der Waals surface area (Å²) in [6.45, 7) is 3.13. The standard InChI is InChI=1S/C16H20N4O2/c1-16(7-4-10-22-16)15-17-8-6-12(19-15)11-18-14(21)13-5-3-9-20(13)2/h3,5-6,8-9H,4,7,10-11H2,1-2H3,(H,18,21). The topological polar surface area (TPSA) is 69.0 Å². The summed E-state index contributed by atoms with van der Waals surface area (Å²) in [5.41, 5.74) is 1.00. The van der Waals surface area contributed by atoms with Crippen molar-refractivity contribution in [1.29, 1.82) is 0 Å². The number of aromatic nitrogens is 3. The third kappa shape index (κ3) is 2.87. The normalized spacial score (nSPS) is 21.0. The number of amides is 1. The van der Waals surface area contributed by atoms with E-state index < -0.39 is 5.60 Å². The molecule has 2 aromatic heterocycles. The number of nitrogens with zero attached hydrogens (tertiary/aromatic N) is 3. The van der Waals surface area contributed by atoms with Crippen molar-refractivity contribution in [3.05, 3.63) is 47.8 Å². The summed E-state index contributed by atoms with van der Waals surface area (Å²) in [5, 5.41) is 2.88. The molecule has 1 fully saturated rings. The van der Waals surface area contributed by atoms with Gasteiger partial charge in [0.2, 0.25) is 0 Å². The lowest BCUT2D eigenvalue weighted by molar-refractivity contribution is 0.00913. The van der Waals surface area contributed by atoms with Crippen LogP contribution in [-0.4, -0.2) is 27.0 Å². The largest absolute Gasteiger partial charge is 0.367 e. The van der Waals surface area contributed by atoms with Gasteiger partial charge in [-0.15, -0.1) is 0 Å². The number of nitrogens with one attached hydrogen (secondary N) is 1. The maximum atomic E-state index is 12.1. The van der Waals surface area contributed by atoms with Gasteiger partial charge >= 0.3 is 0 Å². The van der Waals surface area contributed by atoms with Crippen molar-refractivity contribution in [3.8, 4) is 0 Å². The van der Waals surface area contributed by atoms with Gasteiger partial charge in [0.05, 0.1) is 12.2 Å². The van der Waals surface area contributed by atoms with Gasteiger partial charge in [-0.2, -0.15) is 0 Å². The second-order valence-corrected chi connectivity index (χ2v) is 5.74. The summed E-state index contributed by atoms with van der Waals surface area (Å²) < 4.78 is 7.55. The van der Waals surface area contributed by atoms with E-state index in [1.165, 1.54) is 0 Å². The second kappa shape index (κ2) is 5.88. The Morgan fingerprint density at radius 2 is 2.36 bits per heavy atom. The number of rotatable bonds is 4. The first-order valence-electron chi connectivity index (χ1n) is 7.44. The minimum atomic E-state index is -0.405. The Kier molecular flexibility index (Phi) is 3.94. The Morgan fingerprint density at radius 1 is 1.50 bits per heavy atom. The zero-order valence-electron chi connectivity index (χ0n) is 12.9. The molecule has 3 heterocycles. The lowest BCUT2D eigenvalue weighted by Crippen LogP contribution is -2.27. The minimum absolute atomic E-state index is 0.115. The molecule has 1 saturated heterocycles. The third-order valence-electron chi connectivity index (χ3n) is 4.01. The summed E-state index contributed by atoms with van der Waals surface area (Å²) in [6.07, 6.45) is 5.51. The second-order valence-electron chi connectivity index (χ2n) is 5.74. The first-order chi connectivity index (χ1) is 10.6. The molecule has 0 aliphatic carbocycles. The maximum absolute atomic E-state index is 12.1. The molecule has 0 saturated carbocycles. The molecule has 0 radical (unpaired) electrons. The van der Waals surface area contributed by atoms with Crippen molar-refractivity contribution in [2.45, 2.75) is 31.9 Å². The first-order valence-corrected chi connectivity index (χ1v) is 7.44. The van der Waals surface area contributed by atoms with E-state index >= 15 is 0 Å². The third-order valence-corrected chi connectivity index (χ3v) is 4.01. The van der Waals surface area contributed by atoms with Crippen molar-refractivity contribution in [2.75, 3.05) is 6.61 Å². The van der Waals surface area contributed by atoms with Crippen LogP contribution in [0.15, 0.2) is 30.6 Å². The Morgan fingerprint density at radius 3 is 3.05 bits per heavy atom. The van der Waals surface area contributed by atoms with Crippen LogP contribution >= 0.6 is 0 Å². The highest BCUT2D eigenvalue weighted by atomic mass is 16.5. The van der Waals surface area contributed by atoms with Crippen LogP contribution in [0.2, 0.25) is 0 Å². The summed E-state index contributed by atoms with van der Waals surface area (Å²) in [6, 6.07) is 5.44. The zero-order chi connectivity index (χ0) is 15.6. The average molecular weight is 300 g/mol. The maximum Gasteiger partial charge on any atom is 0.268 e. The van der Waals surface area contributed by atoms with Gasteiger partial charge in [-0.1, -0.05) is 0 Å². The minimum Gasteiger partial charge on any atom is -0.367 e. The zero-order valence-corrected chi connectivity index (χ0v) is 12.9. The number of aryl methyl sites for hydroxylation is 1. The average Bonchev–Trinajstić information content (AvgIpc) is 3.15. The summed E-state index contributed by atoms with van der Waals surface area (Å²) in [7, 11) is 1.84. The van der Waals surface area contributed by atoms with E-state index in [1.807, 2.05) is 32.3 Å². The molecule has 0 aromatic carbocycles. The molecule has 1 aliphatic heterocycles. The van der Waals surface area contributed by atoms with Crippen LogP contribution in [0.3, 0.4) is 0 Å². The van der Waals surface area contributed by atoms with Crippen molar-refractivity contribution < 1.29 is 9.53 Å². The molecule has 6 heteroatoms. The Balaban J connectivity index is 1.68. The van der Waals surface area contributed by atoms with Crippen LogP contribution in [0.25, 0.3) is 0 Å². The predicted molar refractivity (Wildman–Crippen MR) is 81.2 cm³/mol. The Labute approximate surface area is 129 Å². The van der Waals surface area contributed by atoms with E-state index in [0.717, 1.165) is 25.1 Å². The molecule has 1 amide bonds. The number of hydrogen-bond donors (Lipinski definition) is 1. The van der Waals surface area contributed by atoms with Gasteiger partial charge < -0.3 is 14.6 Å². The Bertz CT molecular complexity index is 674. The van der Waals surface area contributed by atoms with Gasteiger partial charge in [0.15, 0.2) is 5.82 Å². The number of carbonyl (C=O) groups is 1. The number of ether oxygens (including phenoxy) is 1. The van der Waals surface area contributed by atoms with Crippen molar-refractivity contribution >= 4 is 5.91 Å². The van der Waals surface area contributed by atoms with Crippen LogP contribution < -0.4 is 5.32 Å². The lowest BCUT2D eigenvalue weighted by atomic mass is 10.0. The Hall–Kier alpha value is -2.21. The summed E-state index contributed by atoms with van der Waals surface area (Å²) in [4.78, 5) is 21.0. The SMILES string of the molecule is Cn1cccc1C(=O)NCc1ccnc(C2(C)CCCO2)n1. The molecule has 1 unspecified atom stereocenters. The smallest absolute Gasteiger partial charge is 0.268 e. The molecule has 0 bridgehead atoms. The fourth-order valence-electron chi connectivity index (χ4n) is 2.66. The highest BCUT2D eigenvalue weighted by Crippen LogP contribution is 2.33. The first kappa shape index (κ1) is 14.7. The van der Waals surface area contributed by atoms with Gasteiger partial charge in [-0.05, 0) is 38.0 Å². The quantitative estimate of drug-likeness (QED) is 0.934. The molecule has 22 heavy (non-hydrogen) atoms. The predicted octanol–water partition coefficient (Wildman–Crippen LogP) is 1.77. The molecule has 6 nitrogen and oxygen atoms in total. The molecule has 2 aromatic rings. The number of carbonyl (C=O) groups excluding carboxylic acids is 1. The molecule has 116 valence electrons. The van der Waals surface area contributed by atoms with E-state index in [0.29, 0.717) is 18.1 Å². The fraction of sp³-hybridized carbons (Fsp3) is 0.438. The lowest BCUT2D eigenvalue weighted by Gasteiger charge is -2.21. The van der Waals surface area contributed by atoms with Gasteiger partial charge in [-0.25, -0.2) is 9.97 Å². The molecule has 0 spiro atoms. The van der Waals surface area contributed by atoms with Crippen molar-refractivity contribution in [2.24, 2.45) is 7.05 Å². The van der Waals surface area contributed by atoms with Crippen LogP contribution in [0, 0.1) is 0 Å². The van der Waals surface area contributed by atoms with Gasteiger partial charge in [-0.3, -0.25) is 4.79 Å².